The van der Waals surface area contributed by atoms with Gasteiger partial charge in [0.05, 0.1) is 19.8 Å². The number of rotatable bonds is 6. The van der Waals surface area contributed by atoms with Crippen LogP contribution in [0.1, 0.15) is 11.3 Å². The van der Waals surface area contributed by atoms with E-state index < -0.39 is 0 Å². The predicted octanol–water partition coefficient (Wildman–Crippen LogP) is 2.53. The molecule has 1 aromatic heterocycles. The molecule has 0 saturated heterocycles. The van der Waals surface area contributed by atoms with Crippen molar-refractivity contribution in [3.05, 3.63) is 54.0 Å². The zero-order valence-corrected chi connectivity index (χ0v) is 11.8. The number of carbonyl (C=O) groups is 1. The van der Waals surface area contributed by atoms with Crippen LogP contribution in [0.3, 0.4) is 0 Å². The van der Waals surface area contributed by atoms with Gasteiger partial charge in [-0.1, -0.05) is 12.1 Å². The second kappa shape index (κ2) is 6.80. The van der Waals surface area contributed by atoms with Gasteiger partial charge >= 0.3 is 0 Å². The Morgan fingerprint density at radius 2 is 2.15 bits per heavy atom. The van der Waals surface area contributed by atoms with E-state index in [-0.39, 0.29) is 5.91 Å². The van der Waals surface area contributed by atoms with Crippen molar-refractivity contribution in [2.75, 3.05) is 20.7 Å². The molecule has 0 saturated carbocycles. The van der Waals surface area contributed by atoms with Gasteiger partial charge in [-0.3, -0.25) is 4.79 Å². The first-order valence-electron chi connectivity index (χ1n) is 6.58. The Morgan fingerprint density at radius 1 is 1.30 bits per heavy atom. The Morgan fingerprint density at radius 3 is 2.85 bits per heavy atom. The number of hydrogen-bond acceptors (Lipinski definition) is 3. The maximum absolute atomic E-state index is 12.1. The molecule has 106 valence electrons. The van der Waals surface area contributed by atoms with Crippen molar-refractivity contribution in [1.82, 2.24) is 4.90 Å². The molecular weight excluding hydrogens is 254 g/mol. The Bertz CT molecular complexity index is 549. The maximum Gasteiger partial charge on any atom is 0.226 e. The van der Waals surface area contributed by atoms with Gasteiger partial charge < -0.3 is 14.1 Å². The normalized spacial score (nSPS) is 10.3. The molecule has 0 spiro atoms. The lowest BCUT2D eigenvalue weighted by Gasteiger charge is -2.16. The molecule has 0 aliphatic rings. The highest BCUT2D eigenvalue weighted by Crippen LogP contribution is 2.13. The van der Waals surface area contributed by atoms with Crippen LogP contribution in [0.25, 0.3) is 0 Å². The van der Waals surface area contributed by atoms with Gasteiger partial charge in [0.15, 0.2) is 0 Å². The minimum atomic E-state index is 0.0878. The monoisotopic (exact) mass is 273 g/mol. The average molecular weight is 273 g/mol. The average Bonchev–Trinajstić information content (AvgIpc) is 2.98. The first-order chi connectivity index (χ1) is 9.69. The lowest BCUT2D eigenvalue weighted by Crippen LogP contribution is -2.30. The number of likely N-dealkylation sites (N-methyl/N-ethyl adjacent to an activating group) is 1. The van der Waals surface area contributed by atoms with E-state index in [1.54, 1.807) is 18.3 Å². The molecule has 0 unspecified atom stereocenters. The Labute approximate surface area is 119 Å². The van der Waals surface area contributed by atoms with Gasteiger partial charge in [-0.25, -0.2) is 0 Å². The summed E-state index contributed by atoms with van der Waals surface area (Å²) in [6, 6.07) is 11.4. The van der Waals surface area contributed by atoms with E-state index in [2.05, 4.69) is 0 Å². The lowest BCUT2D eigenvalue weighted by molar-refractivity contribution is -0.129. The van der Waals surface area contributed by atoms with Crippen LogP contribution in [-0.4, -0.2) is 31.5 Å². The summed E-state index contributed by atoms with van der Waals surface area (Å²) in [6.45, 7) is 0.649. The molecule has 4 nitrogen and oxygen atoms in total. The van der Waals surface area contributed by atoms with Crippen molar-refractivity contribution in [3.8, 4) is 5.75 Å². The highest BCUT2D eigenvalue weighted by molar-refractivity contribution is 5.78. The lowest BCUT2D eigenvalue weighted by atomic mass is 10.1. The molecule has 0 N–H and O–H groups in total. The number of methoxy groups -OCH3 is 1. The molecule has 0 aliphatic heterocycles. The number of furan rings is 1. The number of nitrogens with zero attached hydrogens (tertiary/aromatic N) is 1. The summed E-state index contributed by atoms with van der Waals surface area (Å²) in [5.74, 6) is 1.75. The largest absolute Gasteiger partial charge is 0.497 e. The highest BCUT2D eigenvalue weighted by atomic mass is 16.5. The van der Waals surface area contributed by atoms with Crippen LogP contribution in [0.4, 0.5) is 0 Å². The van der Waals surface area contributed by atoms with E-state index >= 15 is 0 Å². The fourth-order valence-corrected chi connectivity index (χ4v) is 1.95. The van der Waals surface area contributed by atoms with E-state index in [0.29, 0.717) is 13.0 Å². The van der Waals surface area contributed by atoms with Gasteiger partial charge in [-0.2, -0.15) is 0 Å². The van der Waals surface area contributed by atoms with Gasteiger partial charge in [0.2, 0.25) is 5.91 Å². The van der Waals surface area contributed by atoms with Gasteiger partial charge in [-0.05, 0) is 29.8 Å². The molecule has 1 amide bonds. The summed E-state index contributed by atoms with van der Waals surface area (Å²) in [5, 5.41) is 0. The molecular formula is C16H19NO3. The number of hydrogen-bond donors (Lipinski definition) is 0. The number of carbonyl (C=O) groups excluding carboxylic acids is 1. The summed E-state index contributed by atoms with van der Waals surface area (Å²) in [4.78, 5) is 13.9. The van der Waals surface area contributed by atoms with Gasteiger partial charge in [-0.15, -0.1) is 0 Å². The van der Waals surface area contributed by atoms with Crippen molar-refractivity contribution in [3.63, 3.8) is 0 Å². The number of benzene rings is 1. The topological polar surface area (TPSA) is 42.7 Å². The molecule has 0 fully saturated rings. The first-order valence-corrected chi connectivity index (χ1v) is 6.58. The van der Waals surface area contributed by atoms with Crippen LogP contribution in [-0.2, 0) is 17.6 Å². The van der Waals surface area contributed by atoms with E-state index in [0.717, 1.165) is 23.5 Å². The molecule has 1 heterocycles. The van der Waals surface area contributed by atoms with E-state index in [9.17, 15) is 4.79 Å². The second-order valence-electron chi connectivity index (χ2n) is 4.67. The third-order valence-electron chi connectivity index (χ3n) is 3.19. The number of amides is 1. The quantitative estimate of drug-likeness (QED) is 0.812. The van der Waals surface area contributed by atoms with Gasteiger partial charge in [0.25, 0.3) is 0 Å². The second-order valence-corrected chi connectivity index (χ2v) is 4.67. The molecule has 2 rings (SSSR count). The fourth-order valence-electron chi connectivity index (χ4n) is 1.95. The Kier molecular flexibility index (Phi) is 4.82. The van der Waals surface area contributed by atoms with Crippen LogP contribution >= 0.6 is 0 Å². The van der Waals surface area contributed by atoms with E-state index in [1.807, 2.05) is 43.4 Å². The van der Waals surface area contributed by atoms with E-state index in [4.69, 9.17) is 9.15 Å². The van der Waals surface area contributed by atoms with Crippen molar-refractivity contribution in [2.24, 2.45) is 0 Å². The van der Waals surface area contributed by atoms with Crippen LogP contribution in [0.2, 0.25) is 0 Å². The van der Waals surface area contributed by atoms with Crippen molar-refractivity contribution in [1.29, 1.82) is 0 Å². The van der Waals surface area contributed by atoms with Crippen LogP contribution in [0.15, 0.2) is 47.1 Å². The van der Waals surface area contributed by atoms with Gasteiger partial charge in [0.1, 0.15) is 11.5 Å². The smallest absolute Gasteiger partial charge is 0.226 e. The zero-order chi connectivity index (χ0) is 14.4. The van der Waals surface area contributed by atoms with Crippen molar-refractivity contribution >= 4 is 5.91 Å². The minimum Gasteiger partial charge on any atom is -0.497 e. The van der Waals surface area contributed by atoms with Gasteiger partial charge in [0, 0.05) is 20.0 Å². The number of ether oxygens (including phenoxy) is 1. The molecule has 0 aliphatic carbocycles. The third-order valence-corrected chi connectivity index (χ3v) is 3.19. The maximum atomic E-state index is 12.1. The molecule has 0 bridgehead atoms. The Balaban J connectivity index is 1.86. The highest BCUT2D eigenvalue weighted by Gasteiger charge is 2.10. The fraction of sp³-hybridized carbons (Fsp3) is 0.312. The summed E-state index contributed by atoms with van der Waals surface area (Å²) >= 11 is 0. The van der Waals surface area contributed by atoms with Crippen molar-refractivity contribution < 1.29 is 13.9 Å². The summed E-state index contributed by atoms with van der Waals surface area (Å²) in [5.41, 5.74) is 0.958. The molecule has 2 aromatic rings. The molecule has 20 heavy (non-hydrogen) atoms. The molecule has 0 radical (unpaired) electrons. The third kappa shape index (κ3) is 3.88. The summed E-state index contributed by atoms with van der Waals surface area (Å²) < 4.78 is 10.4. The zero-order valence-electron chi connectivity index (χ0n) is 11.8. The minimum absolute atomic E-state index is 0.0878. The van der Waals surface area contributed by atoms with E-state index in [1.165, 1.54) is 0 Å². The Hall–Kier alpha value is -2.23. The van der Waals surface area contributed by atoms with Crippen LogP contribution in [0.5, 0.6) is 5.75 Å². The standard InChI is InChI=1S/C16H19NO3/c1-17(9-8-14-7-4-10-20-14)16(18)12-13-5-3-6-15(11-13)19-2/h3-7,10-11H,8-9,12H2,1-2H3. The first kappa shape index (κ1) is 14.2. The summed E-state index contributed by atoms with van der Waals surface area (Å²) in [7, 11) is 3.43. The SMILES string of the molecule is COc1cccc(CC(=O)N(C)CCc2ccco2)c1. The molecule has 4 heteroatoms. The summed E-state index contributed by atoms with van der Waals surface area (Å²) in [6.07, 6.45) is 2.76. The van der Waals surface area contributed by atoms with Crippen LogP contribution < -0.4 is 4.74 Å². The molecule has 1 aromatic carbocycles. The van der Waals surface area contributed by atoms with Crippen LogP contribution in [0, 0.1) is 0 Å². The predicted molar refractivity (Wildman–Crippen MR) is 76.7 cm³/mol. The van der Waals surface area contributed by atoms with Crippen molar-refractivity contribution in [2.45, 2.75) is 12.8 Å². The molecule has 0 atom stereocenters.